The summed E-state index contributed by atoms with van der Waals surface area (Å²) in [5, 5.41) is 0. The van der Waals surface area contributed by atoms with Crippen molar-refractivity contribution in [1.29, 1.82) is 0 Å². The van der Waals surface area contributed by atoms with Gasteiger partial charge in [-0.3, -0.25) is 0 Å². The van der Waals surface area contributed by atoms with Gasteiger partial charge < -0.3 is 0 Å². The first kappa shape index (κ1) is 13.5. The Morgan fingerprint density at radius 3 is 2.14 bits per heavy atom. The van der Waals surface area contributed by atoms with E-state index in [1.165, 1.54) is 17.6 Å². The first-order valence-electron chi connectivity index (χ1n) is 5.55. The molecule has 0 nitrogen and oxygen atoms in total. The standard InChI is InChI=1S/C14H26/c1-11(2)10-12(3)8-9-13(4)14(5,6)7/h9,12H,1,8,10H2,2-7H3. The van der Waals surface area contributed by atoms with Crippen LogP contribution in [0.4, 0.5) is 0 Å². The highest BCUT2D eigenvalue weighted by molar-refractivity contribution is 5.07. The maximum atomic E-state index is 3.95. The molecule has 0 aliphatic heterocycles. The summed E-state index contributed by atoms with van der Waals surface area (Å²) in [6.45, 7) is 17.4. The largest absolute Gasteiger partial charge is 0.100 e. The fraction of sp³-hybridized carbons (Fsp3) is 0.714. The first-order chi connectivity index (χ1) is 6.23. The summed E-state index contributed by atoms with van der Waals surface area (Å²) in [7, 11) is 0. The Labute approximate surface area is 90.1 Å². The Morgan fingerprint density at radius 1 is 1.29 bits per heavy atom. The van der Waals surface area contributed by atoms with Crippen LogP contribution in [0, 0.1) is 11.3 Å². The van der Waals surface area contributed by atoms with Crippen LogP contribution in [0.25, 0.3) is 0 Å². The van der Waals surface area contributed by atoms with Crippen LogP contribution in [0.3, 0.4) is 0 Å². The van der Waals surface area contributed by atoms with E-state index < -0.39 is 0 Å². The zero-order chi connectivity index (χ0) is 11.4. The Hall–Kier alpha value is -0.520. The molecule has 0 spiro atoms. The van der Waals surface area contributed by atoms with Gasteiger partial charge in [0.25, 0.3) is 0 Å². The Bertz CT molecular complexity index is 213. The first-order valence-corrected chi connectivity index (χ1v) is 5.55. The van der Waals surface area contributed by atoms with Crippen LogP contribution >= 0.6 is 0 Å². The predicted molar refractivity (Wildman–Crippen MR) is 66.4 cm³/mol. The van der Waals surface area contributed by atoms with E-state index in [1.807, 2.05) is 0 Å². The second kappa shape index (κ2) is 5.38. The molecule has 0 heteroatoms. The van der Waals surface area contributed by atoms with E-state index in [9.17, 15) is 0 Å². The van der Waals surface area contributed by atoms with Gasteiger partial charge in [0.05, 0.1) is 0 Å². The molecule has 0 N–H and O–H groups in total. The summed E-state index contributed by atoms with van der Waals surface area (Å²) in [4.78, 5) is 0. The molecule has 14 heavy (non-hydrogen) atoms. The minimum absolute atomic E-state index is 0.322. The van der Waals surface area contributed by atoms with E-state index in [-0.39, 0.29) is 0 Å². The molecule has 1 unspecified atom stereocenters. The lowest BCUT2D eigenvalue weighted by atomic mass is 9.86. The minimum atomic E-state index is 0.322. The molecule has 0 aliphatic rings. The average molecular weight is 194 g/mol. The fourth-order valence-electron chi connectivity index (χ4n) is 1.36. The van der Waals surface area contributed by atoms with Crippen LogP contribution in [0.15, 0.2) is 23.8 Å². The SMILES string of the molecule is C=C(C)CC(C)CC=C(C)C(C)(C)C. The molecule has 82 valence electrons. The maximum Gasteiger partial charge on any atom is -0.0176 e. The summed E-state index contributed by atoms with van der Waals surface area (Å²) >= 11 is 0. The van der Waals surface area contributed by atoms with E-state index >= 15 is 0 Å². The lowest BCUT2D eigenvalue weighted by molar-refractivity contribution is 0.494. The Balaban J connectivity index is 4.09. The summed E-state index contributed by atoms with van der Waals surface area (Å²) < 4.78 is 0. The molecule has 0 radical (unpaired) electrons. The van der Waals surface area contributed by atoms with Gasteiger partial charge in [-0.15, -0.1) is 6.58 Å². The summed E-state index contributed by atoms with van der Waals surface area (Å²) in [5.41, 5.74) is 3.11. The third kappa shape index (κ3) is 6.01. The Kier molecular flexibility index (Phi) is 5.18. The molecule has 1 atom stereocenters. The van der Waals surface area contributed by atoms with Crippen molar-refractivity contribution < 1.29 is 0 Å². The van der Waals surface area contributed by atoms with E-state index in [0.29, 0.717) is 5.41 Å². The van der Waals surface area contributed by atoms with Gasteiger partial charge in [-0.05, 0) is 38.0 Å². The summed E-state index contributed by atoms with van der Waals surface area (Å²) in [5.74, 6) is 0.727. The lowest BCUT2D eigenvalue weighted by Gasteiger charge is -2.20. The molecule has 0 amide bonds. The third-order valence-corrected chi connectivity index (χ3v) is 2.71. The van der Waals surface area contributed by atoms with Crippen molar-refractivity contribution in [3.63, 3.8) is 0 Å². The number of hydrogen-bond acceptors (Lipinski definition) is 0. The van der Waals surface area contributed by atoms with Crippen LogP contribution in [-0.2, 0) is 0 Å². The molecule has 0 heterocycles. The molecule has 0 bridgehead atoms. The van der Waals surface area contributed by atoms with Crippen molar-refractivity contribution in [2.24, 2.45) is 11.3 Å². The lowest BCUT2D eigenvalue weighted by Crippen LogP contribution is -2.07. The zero-order valence-corrected chi connectivity index (χ0v) is 10.8. The predicted octanol–water partition coefficient (Wildman–Crippen LogP) is 4.97. The summed E-state index contributed by atoms with van der Waals surface area (Å²) in [6, 6.07) is 0. The van der Waals surface area contributed by atoms with Gasteiger partial charge in [0.1, 0.15) is 0 Å². The topological polar surface area (TPSA) is 0 Å². The van der Waals surface area contributed by atoms with Crippen LogP contribution in [0.5, 0.6) is 0 Å². The molecule has 0 fully saturated rings. The van der Waals surface area contributed by atoms with Crippen molar-refractivity contribution >= 4 is 0 Å². The highest BCUT2D eigenvalue weighted by Crippen LogP contribution is 2.26. The number of hydrogen-bond donors (Lipinski definition) is 0. The molecular weight excluding hydrogens is 168 g/mol. The molecule has 0 saturated heterocycles. The monoisotopic (exact) mass is 194 g/mol. The van der Waals surface area contributed by atoms with E-state index in [4.69, 9.17) is 0 Å². The minimum Gasteiger partial charge on any atom is -0.100 e. The average Bonchev–Trinajstić information content (AvgIpc) is 1.96. The zero-order valence-electron chi connectivity index (χ0n) is 10.8. The molecule has 0 saturated carbocycles. The van der Waals surface area contributed by atoms with Crippen LogP contribution < -0.4 is 0 Å². The molecule has 0 aromatic rings. The van der Waals surface area contributed by atoms with Gasteiger partial charge in [0.2, 0.25) is 0 Å². The molecule has 0 aromatic heterocycles. The van der Waals surface area contributed by atoms with E-state index in [1.54, 1.807) is 0 Å². The molecule has 0 rings (SSSR count). The second-order valence-corrected chi connectivity index (χ2v) is 5.64. The van der Waals surface area contributed by atoms with Crippen molar-refractivity contribution in [2.45, 2.75) is 54.4 Å². The van der Waals surface area contributed by atoms with Gasteiger partial charge in [0, 0.05) is 0 Å². The van der Waals surface area contributed by atoms with Gasteiger partial charge in [-0.2, -0.15) is 0 Å². The van der Waals surface area contributed by atoms with Crippen molar-refractivity contribution in [3.05, 3.63) is 23.8 Å². The summed E-state index contributed by atoms with van der Waals surface area (Å²) in [6.07, 6.45) is 4.71. The van der Waals surface area contributed by atoms with Crippen molar-refractivity contribution in [3.8, 4) is 0 Å². The van der Waals surface area contributed by atoms with Crippen LogP contribution in [0.2, 0.25) is 0 Å². The smallest absolute Gasteiger partial charge is 0.0176 e. The Morgan fingerprint density at radius 2 is 1.79 bits per heavy atom. The van der Waals surface area contributed by atoms with E-state index in [2.05, 4.69) is 54.2 Å². The van der Waals surface area contributed by atoms with Crippen LogP contribution in [0.1, 0.15) is 54.4 Å². The normalized spacial score (nSPS) is 15.4. The molecule has 0 aliphatic carbocycles. The van der Waals surface area contributed by atoms with Crippen molar-refractivity contribution in [2.75, 3.05) is 0 Å². The van der Waals surface area contributed by atoms with Gasteiger partial charge >= 0.3 is 0 Å². The molecule has 0 aromatic carbocycles. The highest BCUT2D eigenvalue weighted by Gasteiger charge is 2.12. The van der Waals surface area contributed by atoms with E-state index in [0.717, 1.165) is 12.3 Å². The third-order valence-electron chi connectivity index (χ3n) is 2.71. The second-order valence-electron chi connectivity index (χ2n) is 5.64. The maximum absolute atomic E-state index is 3.95. The quantitative estimate of drug-likeness (QED) is 0.554. The number of allylic oxidation sites excluding steroid dienone is 3. The molecular formula is C14H26. The van der Waals surface area contributed by atoms with Crippen molar-refractivity contribution in [1.82, 2.24) is 0 Å². The van der Waals surface area contributed by atoms with Gasteiger partial charge in [-0.1, -0.05) is 44.9 Å². The van der Waals surface area contributed by atoms with Crippen LogP contribution in [-0.4, -0.2) is 0 Å². The number of rotatable bonds is 4. The van der Waals surface area contributed by atoms with Gasteiger partial charge in [-0.25, -0.2) is 0 Å². The van der Waals surface area contributed by atoms with Gasteiger partial charge in [0.15, 0.2) is 0 Å². The fourth-order valence-corrected chi connectivity index (χ4v) is 1.36. The highest BCUT2D eigenvalue weighted by atomic mass is 14.2.